The van der Waals surface area contributed by atoms with Crippen LogP contribution in [0.3, 0.4) is 0 Å². The summed E-state index contributed by atoms with van der Waals surface area (Å²) in [4.78, 5) is 11.5. The number of Topliss-reactive ketones (excluding diaryl/α,β-unsaturated/α-hetero) is 1. The van der Waals surface area contributed by atoms with E-state index in [2.05, 4.69) is 5.10 Å². The van der Waals surface area contributed by atoms with Crippen LogP contribution in [0.15, 0.2) is 29.4 Å². The highest BCUT2D eigenvalue weighted by atomic mass is 19.1. The highest BCUT2D eigenvalue weighted by molar-refractivity contribution is 6.07. The molecular formula is C11H7FN2O. The molecule has 1 aliphatic heterocycles. The number of aromatic nitrogens is 1. The fourth-order valence-electron chi connectivity index (χ4n) is 1.81. The maximum absolute atomic E-state index is 13.0. The van der Waals surface area contributed by atoms with E-state index in [0.717, 1.165) is 5.52 Å². The summed E-state index contributed by atoms with van der Waals surface area (Å²) in [5.41, 5.74) is 1.29. The van der Waals surface area contributed by atoms with Crippen LogP contribution in [0.2, 0.25) is 0 Å². The van der Waals surface area contributed by atoms with Crippen LogP contribution in [0.25, 0.3) is 10.9 Å². The Kier molecular flexibility index (Phi) is 1.54. The summed E-state index contributed by atoms with van der Waals surface area (Å²) < 4.78 is 14.5. The maximum Gasteiger partial charge on any atom is 0.186 e. The molecule has 0 spiro atoms. The van der Waals surface area contributed by atoms with Crippen LogP contribution in [-0.4, -0.2) is 16.7 Å². The molecule has 1 aromatic carbocycles. The largest absolute Gasteiger partial charge is 0.292 e. The summed E-state index contributed by atoms with van der Waals surface area (Å²) in [5, 5.41) is 4.82. The second-order valence-corrected chi connectivity index (χ2v) is 3.47. The lowest BCUT2D eigenvalue weighted by Gasteiger charge is -2.06. The van der Waals surface area contributed by atoms with Gasteiger partial charge in [-0.2, -0.15) is 5.10 Å². The molecule has 1 aromatic heterocycles. The van der Waals surface area contributed by atoms with Gasteiger partial charge < -0.3 is 0 Å². The molecule has 0 saturated carbocycles. The van der Waals surface area contributed by atoms with Crippen molar-refractivity contribution in [3.8, 4) is 0 Å². The van der Waals surface area contributed by atoms with E-state index in [1.807, 2.05) is 0 Å². The molecule has 0 fully saturated rings. The Hall–Kier alpha value is -1.97. The lowest BCUT2D eigenvalue weighted by atomic mass is 10.2. The van der Waals surface area contributed by atoms with Crippen LogP contribution in [0.5, 0.6) is 0 Å². The van der Waals surface area contributed by atoms with Crippen LogP contribution in [0.1, 0.15) is 16.9 Å². The average Bonchev–Trinajstić information content (AvgIpc) is 2.57. The Bertz CT molecular complexity index is 598. The summed E-state index contributed by atoms with van der Waals surface area (Å²) in [5.74, 6) is -0.288. The molecule has 0 bridgehead atoms. The monoisotopic (exact) mass is 202 g/mol. The molecule has 2 aromatic rings. The minimum Gasteiger partial charge on any atom is -0.292 e. The fourth-order valence-corrected chi connectivity index (χ4v) is 1.81. The lowest BCUT2D eigenvalue weighted by Crippen LogP contribution is -2.11. The van der Waals surface area contributed by atoms with Gasteiger partial charge in [-0.05, 0) is 24.3 Å². The second kappa shape index (κ2) is 2.76. The first-order chi connectivity index (χ1) is 7.25. The Balaban J connectivity index is 2.41. The molecule has 15 heavy (non-hydrogen) atoms. The third-order valence-electron chi connectivity index (χ3n) is 2.50. The van der Waals surface area contributed by atoms with Crippen molar-refractivity contribution in [2.45, 2.75) is 6.42 Å². The third kappa shape index (κ3) is 1.11. The Labute approximate surface area is 84.8 Å². The maximum atomic E-state index is 13.0. The highest BCUT2D eigenvalue weighted by Crippen LogP contribution is 2.23. The van der Waals surface area contributed by atoms with E-state index in [1.54, 1.807) is 23.0 Å². The zero-order chi connectivity index (χ0) is 10.4. The number of benzene rings is 1. The number of carbonyl (C=O) groups excluding carboxylic acids is 1. The highest BCUT2D eigenvalue weighted by Gasteiger charge is 2.17. The molecule has 3 nitrogen and oxygen atoms in total. The predicted octanol–water partition coefficient (Wildman–Crippen LogP) is 2.20. The number of rotatable bonds is 0. The zero-order valence-electron chi connectivity index (χ0n) is 7.77. The van der Waals surface area contributed by atoms with Gasteiger partial charge in [0.1, 0.15) is 11.5 Å². The fraction of sp³-hybridized carbons (Fsp3) is 0.0909. The number of carbonyl (C=O) groups is 1. The van der Waals surface area contributed by atoms with Crippen LogP contribution >= 0.6 is 0 Å². The van der Waals surface area contributed by atoms with Gasteiger partial charge in [-0.15, -0.1) is 0 Å². The minimum absolute atomic E-state index is 0.0154. The molecule has 4 heteroatoms. The molecule has 74 valence electrons. The first-order valence-corrected chi connectivity index (χ1v) is 4.63. The molecule has 0 aliphatic carbocycles. The van der Waals surface area contributed by atoms with Crippen molar-refractivity contribution in [2.75, 3.05) is 0 Å². The van der Waals surface area contributed by atoms with E-state index in [4.69, 9.17) is 0 Å². The molecule has 3 rings (SSSR count). The molecule has 1 aliphatic rings. The van der Waals surface area contributed by atoms with Crippen LogP contribution in [0, 0.1) is 5.82 Å². The molecule has 2 heterocycles. The quantitative estimate of drug-likeness (QED) is 0.644. The lowest BCUT2D eigenvalue weighted by molar-refractivity contribution is 0.0990. The van der Waals surface area contributed by atoms with Crippen molar-refractivity contribution in [1.29, 1.82) is 0 Å². The summed E-state index contributed by atoms with van der Waals surface area (Å²) in [6.07, 6.45) is 1.89. The van der Waals surface area contributed by atoms with Crippen molar-refractivity contribution < 1.29 is 9.18 Å². The van der Waals surface area contributed by atoms with E-state index in [-0.39, 0.29) is 11.6 Å². The Morgan fingerprint density at radius 1 is 1.33 bits per heavy atom. The normalized spacial score (nSPS) is 14.6. The number of halogens is 1. The number of nitrogens with zero attached hydrogens (tertiary/aromatic N) is 2. The second-order valence-electron chi connectivity index (χ2n) is 3.47. The zero-order valence-corrected chi connectivity index (χ0v) is 7.77. The van der Waals surface area contributed by atoms with Gasteiger partial charge in [-0.25, -0.2) is 9.07 Å². The van der Waals surface area contributed by atoms with Gasteiger partial charge >= 0.3 is 0 Å². The molecular weight excluding hydrogens is 195 g/mol. The number of ketones is 1. The van der Waals surface area contributed by atoms with E-state index < -0.39 is 0 Å². The molecule has 0 atom stereocenters. The van der Waals surface area contributed by atoms with E-state index in [0.29, 0.717) is 17.5 Å². The SMILES string of the molecule is O=C1CC=Nn2c1cc1cc(F)ccc12. The van der Waals surface area contributed by atoms with E-state index in [9.17, 15) is 9.18 Å². The van der Waals surface area contributed by atoms with E-state index >= 15 is 0 Å². The number of fused-ring (bicyclic) bond motifs is 3. The van der Waals surface area contributed by atoms with Gasteiger partial charge in [0.25, 0.3) is 0 Å². The Morgan fingerprint density at radius 3 is 3.07 bits per heavy atom. The van der Waals surface area contributed by atoms with Gasteiger partial charge in [-0.1, -0.05) is 0 Å². The summed E-state index contributed by atoms with van der Waals surface area (Å²) in [6.45, 7) is 0. The summed E-state index contributed by atoms with van der Waals surface area (Å²) >= 11 is 0. The smallest absolute Gasteiger partial charge is 0.186 e. The van der Waals surface area contributed by atoms with Crippen LogP contribution in [0.4, 0.5) is 4.39 Å². The average molecular weight is 202 g/mol. The third-order valence-corrected chi connectivity index (χ3v) is 2.50. The molecule has 0 unspecified atom stereocenters. The van der Waals surface area contributed by atoms with Crippen LogP contribution in [-0.2, 0) is 0 Å². The predicted molar refractivity (Wildman–Crippen MR) is 54.7 cm³/mol. The number of hydrogen-bond donors (Lipinski definition) is 0. The van der Waals surface area contributed by atoms with Gasteiger partial charge in [0, 0.05) is 18.0 Å². The first kappa shape index (κ1) is 8.35. The minimum atomic E-state index is -0.304. The first-order valence-electron chi connectivity index (χ1n) is 4.63. The van der Waals surface area contributed by atoms with Gasteiger partial charge in [-0.3, -0.25) is 4.79 Å². The van der Waals surface area contributed by atoms with E-state index in [1.165, 1.54) is 12.1 Å². The molecule has 0 radical (unpaired) electrons. The topological polar surface area (TPSA) is 34.4 Å². The van der Waals surface area contributed by atoms with Gasteiger partial charge in [0.15, 0.2) is 5.78 Å². The van der Waals surface area contributed by atoms with Crippen molar-refractivity contribution in [2.24, 2.45) is 5.10 Å². The van der Waals surface area contributed by atoms with Crippen molar-refractivity contribution in [3.63, 3.8) is 0 Å². The molecule has 0 amide bonds. The van der Waals surface area contributed by atoms with Crippen LogP contribution < -0.4 is 0 Å². The van der Waals surface area contributed by atoms with Gasteiger partial charge in [0.05, 0.1) is 5.52 Å². The molecule has 0 N–H and O–H groups in total. The standard InChI is InChI=1S/C11H7FN2O/c12-8-1-2-9-7(5-8)6-10-11(15)3-4-13-14(9)10/h1-2,4-6H,3H2. The van der Waals surface area contributed by atoms with Gasteiger partial charge in [0.2, 0.25) is 0 Å². The summed E-state index contributed by atoms with van der Waals surface area (Å²) in [7, 11) is 0. The summed E-state index contributed by atoms with van der Waals surface area (Å²) in [6, 6.07) is 6.08. The van der Waals surface area contributed by atoms with Crippen molar-refractivity contribution >= 4 is 22.9 Å². The molecule has 0 saturated heterocycles. The Morgan fingerprint density at radius 2 is 2.20 bits per heavy atom. The van der Waals surface area contributed by atoms with Crippen molar-refractivity contribution in [3.05, 3.63) is 35.8 Å². The van der Waals surface area contributed by atoms with Crippen molar-refractivity contribution in [1.82, 2.24) is 4.68 Å². The number of hydrogen-bond acceptors (Lipinski definition) is 2.